The number of aryl methyl sites for hydroxylation is 1. The van der Waals surface area contributed by atoms with Crippen molar-refractivity contribution in [2.24, 2.45) is 5.73 Å². The van der Waals surface area contributed by atoms with Crippen LogP contribution in [0.25, 0.3) is 0 Å². The highest BCUT2D eigenvalue weighted by Gasteiger charge is 2.23. The molecule has 0 atom stereocenters. The molecule has 0 saturated carbocycles. The van der Waals surface area contributed by atoms with Gasteiger partial charge < -0.3 is 19.9 Å². The molecule has 0 aliphatic heterocycles. The lowest BCUT2D eigenvalue weighted by Crippen LogP contribution is -2.37. The van der Waals surface area contributed by atoms with E-state index in [-0.39, 0.29) is 0 Å². The molecule has 0 heterocycles. The molecule has 0 spiro atoms. The first-order chi connectivity index (χ1) is 7.93. The van der Waals surface area contributed by atoms with Gasteiger partial charge in [-0.1, -0.05) is 0 Å². The largest absolute Gasteiger partial charge is 0.493 e. The second kappa shape index (κ2) is 5.27. The first kappa shape index (κ1) is 13.6. The summed E-state index contributed by atoms with van der Waals surface area (Å²) in [5, 5.41) is 0. The van der Waals surface area contributed by atoms with Crippen LogP contribution in [0.15, 0.2) is 12.1 Å². The summed E-state index contributed by atoms with van der Waals surface area (Å²) in [5.74, 6) is 1.91. The Bertz CT molecular complexity index is 363. The highest BCUT2D eigenvalue weighted by molar-refractivity contribution is 5.53. The Kier molecular flexibility index (Phi) is 4.23. The Labute approximate surface area is 103 Å². The predicted octanol–water partition coefficient (Wildman–Crippen LogP) is 2.13. The van der Waals surface area contributed by atoms with Crippen LogP contribution in [-0.4, -0.2) is 26.4 Å². The summed E-state index contributed by atoms with van der Waals surface area (Å²) in [6.07, 6.45) is 0. The van der Waals surface area contributed by atoms with Crippen molar-refractivity contribution in [1.82, 2.24) is 0 Å². The minimum Gasteiger partial charge on any atom is -0.493 e. The van der Waals surface area contributed by atoms with Gasteiger partial charge in [-0.25, -0.2) is 0 Å². The van der Waals surface area contributed by atoms with Gasteiger partial charge in [0, 0.05) is 6.54 Å². The van der Waals surface area contributed by atoms with Crippen LogP contribution in [0.2, 0.25) is 0 Å². The van der Waals surface area contributed by atoms with Gasteiger partial charge in [-0.2, -0.15) is 0 Å². The van der Waals surface area contributed by atoms with E-state index < -0.39 is 5.60 Å². The minimum atomic E-state index is -0.462. The van der Waals surface area contributed by atoms with Crippen LogP contribution < -0.4 is 19.9 Å². The molecule has 2 N–H and O–H groups in total. The number of rotatable bonds is 5. The molecule has 1 aromatic carbocycles. The molecule has 0 amide bonds. The Morgan fingerprint density at radius 1 is 1.12 bits per heavy atom. The Balaban J connectivity index is 3.20. The number of hydrogen-bond acceptors (Lipinski definition) is 4. The van der Waals surface area contributed by atoms with Gasteiger partial charge >= 0.3 is 0 Å². The van der Waals surface area contributed by atoms with Gasteiger partial charge in [0.15, 0.2) is 11.5 Å². The van der Waals surface area contributed by atoms with E-state index in [2.05, 4.69) is 0 Å². The van der Waals surface area contributed by atoms with Crippen molar-refractivity contribution >= 4 is 0 Å². The molecule has 0 saturated heterocycles. The monoisotopic (exact) mass is 239 g/mol. The van der Waals surface area contributed by atoms with Crippen LogP contribution >= 0.6 is 0 Å². The maximum absolute atomic E-state index is 5.88. The molecule has 0 bridgehead atoms. The fourth-order valence-electron chi connectivity index (χ4n) is 1.43. The van der Waals surface area contributed by atoms with E-state index in [0.29, 0.717) is 23.8 Å². The standard InChI is InChI=1S/C13H21NO3/c1-9-6-10(15-4)12(11(7-9)16-5)17-13(2,3)8-14/h6-7H,8,14H2,1-5H3. The van der Waals surface area contributed by atoms with Gasteiger partial charge in [0.2, 0.25) is 5.75 Å². The molecule has 0 unspecified atom stereocenters. The SMILES string of the molecule is COc1cc(C)cc(OC)c1OC(C)(C)CN. The molecule has 0 fully saturated rings. The zero-order chi connectivity index (χ0) is 13.1. The van der Waals surface area contributed by atoms with Crippen LogP contribution in [0.3, 0.4) is 0 Å². The van der Waals surface area contributed by atoms with E-state index in [4.69, 9.17) is 19.9 Å². The lowest BCUT2D eigenvalue weighted by atomic mass is 10.1. The zero-order valence-electron chi connectivity index (χ0n) is 11.2. The minimum absolute atomic E-state index is 0.410. The topological polar surface area (TPSA) is 53.7 Å². The van der Waals surface area contributed by atoms with Gasteiger partial charge in [-0.15, -0.1) is 0 Å². The first-order valence-corrected chi connectivity index (χ1v) is 5.55. The summed E-state index contributed by atoms with van der Waals surface area (Å²) >= 11 is 0. The van der Waals surface area contributed by atoms with Gasteiger partial charge in [-0.05, 0) is 38.5 Å². The van der Waals surface area contributed by atoms with E-state index in [9.17, 15) is 0 Å². The van der Waals surface area contributed by atoms with Crippen LogP contribution in [0.1, 0.15) is 19.4 Å². The molecule has 1 rings (SSSR count). The number of benzene rings is 1. The van der Waals surface area contributed by atoms with Crippen molar-refractivity contribution in [1.29, 1.82) is 0 Å². The van der Waals surface area contributed by atoms with Gasteiger partial charge in [0.1, 0.15) is 5.60 Å². The molecular formula is C13H21NO3. The average molecular weight is 239 g/mol. The van der Waals surface area contributed by atoms with Gasteiger partial charge in [0.05, 0.1) is 14.2 Å². The summed E-state index contributed by atoms with van der Waals surface area (Å²) in [4.78, 5) is 0. The maximum Gasteiger partial charge on any atom is 0.204 e. The van der Waals surface area contributed by atoms with E-state index in [0.717, 1.165) is 5.56 Å². The molecule has 0 aromatic heterocycles. The number of nitrogens with two attached hydrogens (primary N) is 1. The fourth-order valence-corrected chi connectivity index (χ4v) is 1.43. The normalized spacial score (nSPS) is 11.2. The Hall–Kier alpha value is -1.42. The molecular weight excluding hydrogens is 218 g/mol. The third kappa shape index (κ3) is 3.27. The van der Waals surface area contributed by atoms with E-state index >= 15 is 0 Å². The summed E-state index contributed by atoms with van der Waals surface area (Å²) in [5.41, 5.74) is 6.25. The predicted molar refractivity (Wildman–Crippen MR) is 68.0 cm³/mol. The smallest absolute Gasteiger partial charge is 0.204 e. The number of ether oxygens (including phenoxy) is 3. The molecule has 0 radical (unpaired) electrons. The van der Waals surface area contributed by atoms with E-state index in [1.807, 2.05) is 32.9 Å². The van der Waals surface area contributed by atoms with E-state index in [1.54, 1.807) is 14.2 Å². The summed E-state index contributed by atoms with van der Waals surface area (Å²) in [6, 6.07) is 3.81. The molecule has 0 aliphatic rings. The lowest BCUT2D eigenvalue weighted by molar-refractivity contribution is 0.109. The van der Waals surface area contributed by atoms with Gasteiger partial charge in [-0.3, -0.25) is 0 Å². The van der Waals surface area contributed by atoms with Crippen LogP contribution in [0, 0.1) is 6.92 Å². The van der Waals surface area contributed by atoms with Crippen LogP contribution in [-0.2, 0) is 0 Å². The molecule has 1 aromatic rings. The van der Waals surface area contributed by atoms with Crippen molar-refractivity contribution in [3.05, 3.63) is 17.7 Å². The highest BCUT2D eigenvalue weighted by atomic mass is 16.5. The van der Waals surface area contributed by atoms with Crippen molar-refractivity contribution in [3.63, 3.8) is 0 Å². The second-order valence-corrected chi connectivity index (χ2v) is 4.56. The third-order valence-corrected chi connectivity index (χ3v) is 2.47. The quantitative estimate of drug-likeness (QED) is 0.855. The Morgan fingerprint density at radius 2 is 1.59 bits per heavy atom. The van der Waals surface area contributed by atoms with Gasteiger partial charge in [0.25, 0.3) is 0 Å². The molecule has 4 heteroatoms. The summed E-state index contributed by atoms with van der Waals surface area (Å²) < 4.78 is 16.5. The van der Waals surface area contributed by atoms with E-state index in [1.165, 1.54) is 0 Å². The molecule has 17 heavy (non-hydrogen) atoms. The van der Waals surface area contributed by atoms with Crippen molar-refractivity contribution < 1.29 is 14.2 Å². The van der Waals surface area contributed by atoms with Crippen molar-refractivity contribution in [3.8, 4) is 17.2 Å². The third-order valence-electron chi connectivity index (χ3n) is 2.47. The lowest BCUT2D eigenvalue weighted by Gasteiger charge is -2.27. The molecule has 0 aliphatic carbocycles. The van der Waals surface area contributed by atoms with Crippen molar-refractivity contribution in [2.75, 3.05) is 20.8 Å². The summed E-state index contributed by atoms with van der Waals surface area (Å²) in [7, 11) is 3.22. The van der Waals surface area contributed by atoms with Crippen LogP contribution in [0.5, 0.6) is 17.2 Å². The fraction of sp³-hybridized carbons (Fsp3) is 0.538. The second-order valence-electron chi connectivity index (χ2n) is 4.56. The maximum atomic E-state index is 5.88. The molecule has 96 valence electrons. The van der Waals surface area contributed by atoms with Crippen molar-refractivity contribution in [2.45, 2.75) is 26.4 Å². The number of hydrogen-bond donors (Lipinski definition) is 1. The Morgan fingerprint density at radius 3 is 1.94 bits per heavy atom. The van der Waals surface area contributed by atoms with Crippen LogP contribution in [0.4, 0.5) is 0 Å². The molecule has 4 nitrogen and oxygen atoms in total. The average Bonchev–Trinajstić information content (AvgIpc) is 2.30. The number of methoxy groups -OCH3 is 2. The first-order valence-electron chi connectivity index (χ1n) is 5.55. The highest BCUT2D eigenvalue weighted by Crippen LogP contribution is 2.40. The summed E-state index contributed by atoms with van der Waals surface area (Å²) in [6.45, 7) is 6.23. The zero-order valence-corrected chi connectivity index (χ0v) is 11.2.